The molecular formula is C25H26FNO5. The molecular weight excluding hydrogens is 413 g/mol. The van der Waals surface area contributed by atoms with Gasteiger partial charge in [-0.15, -0.1) is 0 Å². The Morgan fingerprint density at radius 2 is 1.72 bits per heavy atom. The van der Waals surface area contributed by atoms with E-state index in [9.17, 15) is 19.1 Å². The summed E-state index contributed by atoms with van der Waals surface area (Å²) in [6.07, 6.45) is 0.873. The summed E-state index contributed by atoms with van der Waals surface area (Å²) >= 11 is 0. The highest BCUT2D eigenvalue weighted by molar-refractivity contribution is 6.07. The number of halogens is 1. The number of hydrogen-bond acceptors (Lipinski definition) is 5. The van der Waals surface area contributed by atoms with Crippen molar-refractivity contribution in [3.05, 3.63) is 59.0 Å². The zero-order valence-corrected chi connectivity index (χ0v) is 18.6. The van der Waals surface area contributed by atoms with Crippen molar-refractivity contribution in [3.8, 4) is 17.2 Å². The van der Waals surface area contributed by atoms with Gasteiger partial charge in [-0.1, -0.05) is 19.9 Å². The lowest BCUT2D eigenvalue weighted by Crippen LogP contribution is -2.43. The molecule has 32 heavy (non-hydrogen) atoms. The van der Waals surface area contributed by atoms with E-state index in [1.54, 1.807) is 24.3 Å². The molecule has 0 aromatic heterocycles. The second-order valence-corrected chi connectivity index (χ2v) is 9.04. The van der Waals surface area contributed by atoms with Gasteiger partial charge in [0.15, 0.2) is 17.3 Å². The van der Waals surface area contributed by atoms with Crippen LogP contribution in [0.5, 0.6) is 17.2 Å². The summed E-state index contributed by atoms with van der Waals surface area (Å²) in [5.74, 6) is -0.983. The number of phenols is 1. The van der Waals surface area contributed by atoms with Gasteiger partial charge in [0.1, 0.15) is 5.82 Å². The van der Waals surface area contributed by atoms with E-state index in [0.717, 1.165) is 0 Å². The Labute approximate surface area is 186 Å². The molecule has 2 aliphatic rings. The Bertz CT molecular complexity index is 1110. The van der Waals surface area contributed by atoms with Crippen LogP contribution in [-0.2, 0) is 9.59 Å². The topological polar surface area (TPSA) is 76.1 Å². The smallest absolute Gasteiger partial charge is 0.232 e. The average Bonchev–Trinajstić information content (AvgIpc) is 2.72. The first-order valence-corrected chi connectivity index (χ1v) is 10.4. The van der Waals surface area contributed by atoms with Crippen LogP contribution in [-0.4, -0.2) is 31.0 Å². The zero-order chi connectivity index (χ0) is 23.2. The summed E-state index contributed by atoms with van der Waals surface area (Å²) in [5, 5.41) is 10.3. The first-order valence-electron chi connectivity index (χ1n) is 10.4. The fraction of sp³-hybridized carbons (Fsp3) is 0.360. The van der Waals surface area contributed by atoms with Gasteiger partial charge in [0.25, 0.3) is 0 Å². The van der Waals surface area contributed by atoms with Gasteiger partial charge in [-0.3, -0.25) is 14.5 Å². The Balaban J connectivity index is 1.93. The van der Waals surface area contributed by atoms with Crippen LogP contribution >= 0.6 is 0 Å². The summed E-state index contributed by atoms with van der Waals surface area (Å²) in [6, 6.07) is 9.11. The Hall–Kier alpha value is -3.35. The van der Waals surface area contributed by atoms with Gasteiger partial charge in [0, 0.05) is 30.0 Å². The minimum absolute atomic E-state index is 0.0264. The number of anilines is 1. The van der Waals surface area contributed by atoms with E-state index in [0.29, 0.717) is 35.4 Å². The monoisotopic (exact) mass is 439 g/mol. The standard InChI is InChI=1S/C25H26FNO5/c1-25(2)12-18-23(19(28)13-25)17(14-8-20(31-3)24(30)21(9-14)32-4)11-22(29)27(18)16-7-5-6-15(26)10-16/h5-10,17,30H,11-13H2,1-4H3. The maximum Gasteiger partial charge on any atom is 0.232 e. The number of benzene rings is 2. The highest BCUT2D eigenvalue weighted by Gasteiger charge is 2.44. The number of rotatable bonds is 4. The fourth-order valence-corrected chi connectivity index (χ4v) is 4.73. The molecule has 4 rings (SSSR count). The molecule has 1 atom stereocenters. The van der Waals surface area contributed by atoms with Crippen LogP contribution in [0.1, 0.15) is 44.6 Å². The predicted octanol–water partition coefficient (Wildman–Crippen LogP) is 4.71. The third-order valence-corrected chi connectivity index (χ3v) is 6.11. The van der Waals surface area contributed by atoms with Gasteiger partial charge in [-0.25, -0.2) is 4.39 Å². The lowest BCUT2D eigenvalue weighted by molar-refractivity contribution is -0.121. The van der Waals surface area contributed by atoms with E-state index in [4.69, 9.17) is 9.47 Å². The number of carbonyl (C=O) groups excluding carboxylic acids is 2. The maximum atomic E-state index is 14.0. The first-order chi connectivity index (χ1) is 15.1. The zero-order valence-electron chi connectivity index (χ0n) is 18.6. The number of allylic oxidation sites excluding steroid dienone is 2. The van der Waals surface area contributed by atoms with Crippen molar-refractivity contribution < 1.29 is 28.6 Å². The van der Waals surface area contributed by atoms with Crippen LogP contribution in [0.3, 0.4) is 0 Å². The molecule has 1 heterocycles. The van der Waals surface area contributed by atoms with Crippen LogP contribution in [0.15, 0.2) is 47.7 Å². The molecule has 0 saturated heterocycles. The molecule has 1 unspecified atom stereocenters. The number of amides is 1. The highest BCUT2D eigenvalue weighted by Crippen LogP contribution is 2.50. The lowest BCUT2D eigenvalue weighted by Gasteiger charge is -2.43. The number of ether oxygens (including phenoxy) is 2. The SMILES string of the molecule is COc1cc(C2CC(=O)N(c3cccc(F)c3)C3=C2C(=O)CC(C)(C)C3)cc(OC)c1O. The highest BCUT2D eigenvalue weighted by atomic mass is 19.1. The maximum absolute atomic E-state index is 14.0. The van der Waals surface area contributed by atoms with Gasteiger partial charge >= 0.3 is 0 Å². The van der Waals surface area contributed by atoms with Crippen molar-refractivity contribution in [2.45, 2.75) is 39.0 Å². The molecule has 0 spiro atoms. The van der Waals surface area contributed by atoms with E-state index in [-0.39, 0.29) is 40.8 Å². The van der Waals surface area contributed by atoms with Crippen molar-refractivity contribution in [1.29, 1.82) is 0 Å². The minimum atomic E-state index is -0.519. The fourth-order valence-electron chi connectivity index (χ4n) is 4.73. The van der Waals surface area contributed by atoms with E-state index < -0.39 is 11.7 Å². The number of phenolic OH excluding ortho intramolecular Hbond substituents is 1. The third-order valence-electron chi connectivity index (χ3n) is 6.11. The molecule has 0 radical (unpaired) electrons. The summed E-state index contributed by atoms with van der Waals surface area (Å²) in [7, 11) is 2.85. The molecule has 1 amide bonds. The average molecular weight is 439 g/mol. The summed E-state index contributed by atoms with van der Waals surface area (Å²) < 4.78 is 24.5. The largest absolute Gasteiger partial charge is 0.502 e. The van der Waals surface area contributed by atoms with Gasteiger partial charge < -0.3 is 14.6 Å². The first kappa shape index (κ1) is 21.9. The van der Waals surface area contributed by atoms with Crippen LogP contribution in [0, 0.1) is 11.2 Å². The molecule has 168 valence electrons. The molecule has 1 N–H and O–H groups in total. The number of methoxy groups -OCH3 is 2. The molecule has 1 aliphatic carbocycles. The molecule has 0 bridgehead atoms. The number of carbonyl (C=O) groups is 2. The molecule has 1 aliphatic heterocycles. The van der Waals surface area contributed by atoms with E-state index in [1.807, 2.05) is 13.8 Å². The molecule has 6 nitrogen and oxygen atoms in total. The van der Waals surface area contributed by atoms with Gasteiger partial charge in [-0.2, -0.15) is 0 Å². The van der Waals surface area contributed by atoms with Crippen LogP contribution in [0.4, 0.5) is 10.1 Å². The van der Waals surface area contributed by atoms with Gasteiger partial charge in [0.2, 0.25) is 11.7 Å². The second-order valence-electron chi connectivity index (χ2n) is 9.04. The van der Waals surface area contributed by atoms with Crippen molar-refractivity contribution in [2.75, 3.05) is 19.1 Å². The normalized spacial score (nSPS) is 20.3. The van der Waals surface area contributed by atoms with E-state index in [1.165, 1.54) is 31.3 Å². The van der Waals surface area contributed by atoms with Crippen LogP contribution in [0.25, 0.3) is 0 Å². The van der Waals surface area contributed by atoms with E-state index in [2.05, 4.69) is 0 Å². The summed E-state index contributed by atoms with van der Waals surface area (Å²) in [4.78, 5) is 28.2. The molecule has 7 heteroatoms. The van der Waals surface area contributed by atoms with Crippen LogP contribution in [0.2, 0.25) is 0 Å². The van der Waals surface area contributed by atoms with Crippen molar-refractivity contribution >= 4 is 17.4 Å². The van der Waals surface area contributed by atoms with Gasteiger partial charge in [0.05, 0.1) is 19.9 Å². The number of hydrogen-bond donors (Lipinski definition) is 1. The van der Waals surface area contributed by atoms with Gasteiger partial charge in [-0.05, 0) is 47.7 Å². The van der Waals surface area contributed by atoms with E-state index >= 15 is 0 Å². The number of nitrogens with zero attached hydrogens (tertiary/aromatic N) is 1. The Morgan fingerprint density at radius 3 is 2.31 bits per heavy atom. The molecule has 0 saturated carbocycles. The van der Waals surface area contributed by atoms with Crippen molar-refractivity contribution in [3.63, 3.8) is 0 Å². The van der Waals surface area contributed by atoms with Crippen molar-refractivity contribution in [1.82, 2.24) is 0 Å². The lowest BCUT2D eigenvalue weighted by atomic mass is 9.69. The molecule has 0 fully saturated rings. The molecule has 2 aromatic rings. The second kappa shape index (κ2) is 7.97. The summed E-state index contributed by atoms with van der Waals surface area (Å²) in [6.45, 7) is 3.97. The Morgan fingerprint density at radius 1 is 1.06 bits per heavy atom. The number of ketones is 1. The van der Waals surface area contributed by atoms with Crippen LogP contribution < -0.4 is 14.4 Å². The predicted molar refractivity (Wildman–Crippen MR) is 118 cm³/mol. The number of Topliss-reactive ketones (excluding diaryl/α,β-unsaturated/α-hetero) is 1. The quantitative estimate of drug-likeness (QED) is 0.747. The summed E-state index contributed by atoms with van der Waals surface area (Å²) in [5.41, 5.74) is 1.86. The van der Waals surface area contributed by atoms with Crippen molar-refractivity contribution in [2.24, 2.45) is 5.41 Å². The third kappa shape index (κ3) is 3.72. The number of aromatic hydroxyl groups is 1. The molecule has 2 aromatic carbocycles. The minimum Gasteiger partial charge on any atom is -0.502 e. The Kier molecular flexibility index (Phi) is 5.44.